The second-order valence-corrected chi connectivity index (χ2v) is 8.22. The number of rotatable bonds is 6. The van der Waals surface area contributed by atoms with Crippen LogP contribution in [0.1, 0.15) is 27.9 Å². The highest BCUT2D eigenvalue weighted by Gasteiger charge is 2.27. The van der Waals surface area contributed by atoms with Crippen molar-refractivity contribution >= 4 is 17.6 Å². The van der Waals surface area contributed by atoms with Crippen LogP contribution in [0.4, 0.5) is 14.9 Å². The van der Waals surface area contributed by atoms with Gasteiger partial charge in [0.1, 0.15) is 5.82 Å². The van der Waals surface area contributed by atoms with Gasteiger partial charge in [-0.05, 0) is 48.4 Å². The second kappa shape index (κ2) is 9.43. The van der Waals surface area contributed by atoms with Crippen LogP contribution < -0.4 is 19.7 Å². The smallest absolute Gasteiger partial charge is 0.324 e. The van der Waals surface area contributed by atoms with E-state index in [-0.39, 0.29) is 31.1 Å². The van der Waals surface area contributed by atoms with Gasteiger partial charge in [0.15, 0.2) is 11.5 Å². The molecule has 0 aromatic heterocycles. The second-order valence-electron chi connectivity index (χ2n) is 8.22. The highest BCUT2D eigenvalue weighted by molar-refractivity contribution is 5.98. The lowest BCUT2D eigenvalue weighted by molar-refractivity contribution is 0.0950. The molecule has 0 bridgehead atoms. The first-order chi connectivity index (χ1) is 16.6. The molecule has 1 saturated heterocycles. The summed E-state index contributed by atoms with van der Waals surface area (Å²) in [5.74, 6) is 0.788. The summed E-state index contributed by atoms with van der Waals surface area (Å²) in [6.45, 7) is 1.83. The lowest BCUT2D eigenvalue weighted by Gasteiger charge is -2.36. The lowest BCUT2D eigenvalue weighted by atomic mass is 10.1. The summed E-state index contributed by atoms with van der Waals surface area (Å²) in [5, 5.41) is 2.90. The normalized spacial score (nSPS) is 14.9. The topological polar surface area (TPSA) is 71.1 Å². The zero-order chi connectivity index (χ0) is 23.5. The average Bonchev–Trinajstić information content (AvgIpc) is 3.33. The summed E-state index contributed by atoms with van der Waals surface area (Å²) in [6.07, 6.45) is 0.751. The van der Waals surface area contributed by atoms with Gasteiger partial charge in [0.05, 0.1) is 6.54 Å². The Bertz CT molecular complexity index is 1230. The number of nitrogens with zero attached hydrogens (tertiary/aromatic N) is 2. The minimum absolute atomic E-state index is 0.199. The molecule has 0 aliphatic carbocycles. The van der Waals surface area contributed by atoms with Crippen molar-refractivity contribution in [3.05, 3.63) is 89.2 Å². The fourth-order valence-electron chi connectivity index (χ4n) is 4.15. The molecule has 0 atom stereocenters. The third-order valence-electron chi connectivity index (χ3n) is 5.94. The molecule has 1 N–H and O–H groups in total. The summed E-state index contributed by atoms with van der Waals surface area (Å²) >= 11 is 0. The van der Waals surface area contributed by atoms with Crippen molar-refractivity contribution in [1.82, 2.24) is 10.2 Å². The molecule has 2 heterocycles. The van der Waals surface area contributed by atoms with Crippen LogP contribution in [-0.4, -0.2) is 36.7 Å². The van der Waals surface area contributed by atoms with Gasteiger partial charge in [0.25, 0.3) is 5.91 Å². The Balaban J connectivity index is 1.26. The van der Waals surface area contributed by atoms with Crippen LogP contribution in [-0.2, 0) is 13.1 Å². The van der Waals surface area contributed by atoms with Crippen LogP contribution in [0.25, 0.3) is 0 Å². The van der Waals surface area contributed by atoms with Crippen molar-refractivity contribution in [2.45, 2.75) is 19.5 Å². The molecule has 3 aromatic rings. The van der Waals surface area contributed by atoms with E-state index in [1.807, 2.05) is 18.2 Å². The Kier molecular flexibility index (Phi) is 6.03. The van der Waals surface area contributed by atoms with E-state index in [2.05, 4.69) is 5.32 Å². The Morgan fingerprint density at radius 2 is 1.82 bits per heavy atom. The molecule has 5 rings (SSSR count). The highest BCUT2D eigenvalue weighted by atomic mass is 19.1. The summed E-state index contributed by atoms with van der Waals surface area (Å²) in [7, 11) is 0. The Morgan fingerprint density at radius 1 is 0.971 bits per heavy atom. The van der Waals surface area contributed by atoms with E-state index < -0.39 is 0 Å². The summed E-state index contributed by atoms with van der Waals surface area (Å²) in [5.41, 5.74) is 2.47. The number of carbonyl (C=O) groups excluding carboxylic acids is 2. The third kappa shape index (κ3) is 4.52. The first-order valence-corrected chi connectivity index (χ1v) is 11.1. The maximum Gasteiger partial charge on any atom is 0.324 e. The molecule has 0 unspecified atom stereocenters. The van der Waals surface area contributed by atoms with Crippen molar-refractivity contribution < 1.29 is 23.5 Å². The van der Waals surface area contributed by atoms with Crippen LogP contribution >= 0.6 is 0 Å². The number of urea groups is 1. The summed E-state index contributed by atoms with van der Waals surface area (Å²) in [6, 6.07) is 18.8. The molecule has 0 radical (unpaired) electrons. The van der Waals surface area contributed by atoms with Gasteiger partial charge in [-0.15, -0.1) is 0 Å². The molecule has 0 spiro atoms. The van der Waals surface area contributed by atoms with Crippen LogP contribution in [0.3, 0.4) is 0 Å². The molecule has 1 fully saturated rings. The largest absolute Gasteiger partial charge is 0.454 e. The number of ether oxygens (including phenoxy) is 2. The van der Waals surface area contributed by atoms with Gasteiger partial charge in [-0.3, -0.25) is 9.69 Å². The minimum atomic E-state index is -0.325. The summed E-state index contributed by atoms with van der Waals surface area (Å²) < 4.78 is 24.8. The van der Waals surface area contributed by atoms with Crippen LogP contribution in [0.15, 0.2) is 66.7 Å². The maximum atomic E-state index is 14.1. The number of carbonyl (C=O) groups is 2. The maximum absolute atomic E-state index is 14.1. The van der Waals surface area contributed by atoms with Gasteiger partial charge in [0.2, 0.25) is 6.79 Å². The van der Waals surface area contributed by atoms with Crippen LogP contribution in [0.5, 0.6) is 11.5 Å². The number of halogens is 1. The Labute approximate surface area is 196 Å². The van der Waals surface area contributed by atoms with Gasteiger partial charge in [0, 0.05) is 36.4 Å². The number of nitrogens with one attached hydrogen (secondary N) is 1. The van der Waals surface area contributed by atoms with Crippen molar-refractivity contribution in [3.8, 4) is 11.5 Å². The van der Waals surface area contributed by atoms with Crippen LogP contribution in [0, 0.1) is 5.82 Å². The van der Waals surface area contributed by atoms with Crippen molar-refractivity contribution in [2.24, 2.45) is 0 Å². The summed E-state index contributed by atoms with van der Waals surface area (Å²) in [4.78, 5) is 29.2. The number of benzene rings is 3. The molecule has 174 valence electrons. The van der Waals surface area contributed by atoms with Gasteiger partial charge in [-0.1, -0.05) is 30.3 Å². The fraction of sp³-hybridized carbons (Fsp3) is 0.231. The van der Waals surface area contributed by atoms with Crippen LogP contribution in [0.2, 0.25) is 0 Å². The number of amides is 3. The number of hydrogen-bond donors (Lipinski definition) is 1. The van der Waals surface area contributed by atoms with Crippen molar-refractivity contribution in [1.29, 1.82) is 0 Å². The molecule has 2 aliphatic rings. The lowest BCUT2D eigenvalue weighted by Crippen LogP contribution is -2.49. The minimum Gasteiger partial charge on any atom is -0.454 e. The molecule has 8 heteroatoms. The Hall–Kier alpha value is -4.07. The first-order valence-electron chi connectivity index (χ1n) is 11.1. The van der Waals surface area contributed by atoms with Gasteiger partial charge in [-0.2, -0.15) is 0 Å². The van der Waals surface area contributed by atoms with Crippen molar-refractivity contribution in [2.75, 3.05) is 24.8 Å². The molecular weight excluding hydrogens is 437 g/mol. The molecule has 7 nitrogen and oxygen atoms in total. The third-order valence-corrected chi connectivity index (χ3v) is 5.94. The van der Waals surface area contributed by atoms with E-state index in [1.54, 1.807) is 52.3 Å². The zero-order valence-corrected chi connectivity index (χ0v) is 18.5. The predicted molar refractivity (Wildman–Crippen MR) is 124 cm³/mol. The van der Waals surface area contributed by atoms with E-state index in [1.165, 1.54) is 6.07 Å². The quantitative estimate of drug-likeness (QED) is 0.594. The SMILES string of the molecule is O=C(NCc1ccc2c(c1)OCO2)c1cccc(N2CCCN(Cc3ccccc3F)C2=O)c1. The Morgan fingerprint density at radius 3 is 2.71 bits per heavy atom. The molecule has 0 saturated carbocycles. The molecule has 3 amide bonds. The van der Waals surface area contributed by atoms with Gasteiger partial charge in [-0.25, -0.2) is 9.18 Å². The van der Waals surface area contributed by atoms with E-state index in [0.717, 1.165) is 12.0 Å². The van der Waals surface area contributed by atoms with Gasteiger partial charge < -0.3 is 19.7 Å². The first kappa shape index (κ1) is 21.8. The average molecular weight is 461 g/mol. The molecular formula is C26H24FN3O4. The monoisotopic (exact) mass is 461 g/mol. The zero-order valence-electron chi connectivity index (χ0n) is 18.5. The molecule has 2 aliphatic heterocycles. The molecule has 34 heavy (non-hydrogen) atoms. The standard InChI is InChI=1S/C26H24FN3O4/c27-22-8-2-1-5-20(22)16-29-11-4-12-30(26(29)32)21-7-3-6-19(14-21)25(31)28-15-18-9-10-23-24(13-18)34-17-33-23/h1-3,5-10,13-14H,4,11-12,15-17H2,(H,28,31). The van der Waals surface area contributed by atoms with E-state index in [9.17, 15) is 14.0 Å². The molecule has 3 aromatic carbocycles. The van der Waals surface area contributed by atoms with Gasteiger partial charge >= 0.3 is 6.03 Å². The number of hydrogen-bond acceptors (Lipinski definition) is 4. The van der Waals surface area contributed by atoms with E-state index in [4.69, 9.17) is 9.47 Å². The number of fused-ring (bicyclic) bond motifs is 1. The fourth-order valence-corrected chi connectivity index (χ4v) is 4.15. The highest BCUT2D eigenvalue weighted by Crippen LogP contribution is 2.32. The number of anilines is 1. The van der Waals surface area contributed by atoms with E-state index >= 15 is 0 Å². The predicted octanol–water partition coefficient (Wildman–Crippen LogP) is 4.32. The van der Waals surface area contributed by atoms with Crippen molar-refractivity contribution in [3.63, 3.8) is 0 Å². The van der Waals surface area contributed by atoms with E-state index in [0.29, 0.717) is 47.9 Å².